The summed E-state index contributed by atoms with van der Waals surface area (Å²) in [5, 5.41) is 3.33. The van der Waals surface area contributed by atoms with E-state index in [1.165, 1.54) is 16.7 Å². The van der Waals surface area contributed by atoms with Gasteiger partial charge >= 0.3 is 0 Å². The third-order valence-corrected chi connectivity index (χ3v) is 2.86. The fraction of sp³-hybridized carbons (Fsp3) is 0.267. The highest BCUT2D eigenvalue weighted by atomic mass is 16.5. The maximum absolute atomic E-state index is 5.38. The Morgan fingerprint density at radius 2 is 1.89 bits per heavy atom. The van der Waals surface area contributed by atoms with Crippen LogP contribution in [0.2, 0.25) is 0 Å². The standard InChI is InChI=1S/C15H18N2O/c1-3-16-11-14-10-13(4-5-15(14)18-2)12-6-8-17-9-7-12/h4-10,16H,3,11H2,1-2H3. The number of aromatic nitrogens is 1. The molecule has 0 saturated carbocycles. The maximum Gasteiger partial charge on any atom is 0.123 e. The number of methoxy groups -OCH3 is 1. The fourth-order valence-corrected chi connectivity index (χ4v) is 1.90. The molecule has 1 N–H and O–H groups in total. The molecule has 1 aromatic heterocycles. The summed E-state index contributed by atoms with van der Waals surface area (Å²) >= 11 is 0. The molecular formula is C15H18N2O. The van der Waals surface area contributed by atoms with Crippen LogP contribution in [0.1, 0.15) is 12.5 Å². The Hall–Kier alpha value is -1.87. The van der Waals surface area contributed by atoms with Gasteiger partial charge in [0, 0.05) is 24.5 Å². The van der Waals surface area contributed by atoms with Gasteiger partial charge < -0.3 is 10.1 Å². The lowest BCUT2D eigenvalue weighted by Crippen LogP contribution is -2.12. The number of benzene rings is 1. The van der Waals surface area contributed by atoms with Gasteiger partial charge in [-0.25, -0.2) is 0 Å². The molecule has 0 bridgehead atoms. The molecule has 0 fully saturated rings. The van der Waals surface area contributed by atoms with Crippen LogP contribution in [-0.2, 0) is 6.54 Å². The second-order valence-electron chi connectivity index (χ2n) is 4.04. The van der Waals surface area contributed by atoms with Crippen molar-refractivity contribution < 1.29 is 4.74 Å². The van der Waals surface area contributed by atoms with E-state index in [0.717, 1.165) is 18.8 Å². The number of ether oxygens (including phenoxy) is 1. The van der Waals surface area contributed by atoms with Gasteiger partial charge in [-0.1, -0.05) is 13.0 Å². The lowest BCUT2D eigenvalue weighted by molar-refractivity contribution is 0.408. The third kappa shape index (κ3) is 2.87. The minimum atomic E-state index is 0.818. The Morgan fingerprint density at radius 1 is 1.11 bits per heavy atom. The van der Waals surface area contributed by atoms with Crippen LogP contribution in [0.5, 0.6) is 5.75 Å². The van der Waals surface area contributed by atoms with E-state index in [2.05, 4.69) is 29.4 Å². The van der Waals surface area contributed by atoms with Gasteiger partial charge in [-0.05, 0) is 41.9 Å². The first-order valence-corrected chi connectivity index (χ1v) is 6.13. The summed E-state index contributed by atoms with van der Waals surface area (Å²) in [5.74, 6) is 0.925. The molecule has 1 aromatic carbocycles. The van der Waals surface area contributed by atoms with Crippen molar-refractivity contribution in [2.75, 3.05) is 13.7 Å². The van der Waals surface area contributed by atoms with Crippen molar-refractivity contribution in [3.63, 3.8) is 0 Å². The molecule has 0 aliphatic heterocycles. The Bertz CT molecular complexity index is 497. The number of rotatable bonds is 5. The average molecular weight is 242 g/mol. The van der Waals surface area contributed by atoms with Crippen LogP contribution in [0.3, 0.4) is 0 Å². The van der Waals surface area contributed by atoms with E-state index in [4.69, 9.17) is 4.74 Å². The lowest BCUT2D eigenvalue weighted by atomic mass is 10.0. The van der Waals surface area contributed by atoms with E-state index in [1.807, 2.05) is 30.6 Å². The molecule has 0 atom stereocenters. The minimum Gasteiger partial charge on any atom is -0.496 e. The van der Waals surface area contributed by atoms with Gasteiger partial charge in [0.05, 0.1) is 7.11 Å². The van der Waals surface area contributed by atoms with E-state index in [1.54, 1.807) is 7.11 Å². The SMILES string of the molecule is CCNCc1cc(-c2ccncc2)ccc1OC. The Kier molecular flexibility index (Phi) is 4.31. The van der Waals surface area contributed by atoms with E-state index >= 15 is 0 Å². The quantitative estimate of drug-likeness (QED) is 0.875. The highest BCUT2D eigenvalue weighted by molar-refractivity contribution is 5.65. The number of nitrogens with zero attached hydrogens (tertiary/aromatic N) is 1. The minimum absolute atomic E-state index is 0.818. The Morgan fingerprint density at radius 3 is 2.56 bits per heavy atom. The molecule has 2 rings (SSSR count). The monoisotopic (exact) mass is 242 g/mol. The largest absolute Gasteiger partial charge is 0.496 e. The molecule has 0 radical (unpaired) electrons. The first-order valence-electron chi connectivity index (χ1n) is 6.13. The summed E-state index contributed by atoms with van der Waals surface area (Å²) in [6.45, 7) is 3.86. The fourth-order valence-electron chi connectivity index (χ4n) is 1.90. The second-order valence-corrected chi connectivity index (χ2v) is 4.04. The van der Waals surface area contributed by atoms with Crippen molar-refractivity contribution in [2.45, 2.75) is 13.5 Å². The van der Waals surface area contributed by atoms with E-state index < -0.39 is 0 Å². The summed E-state index contributed by atoms with van der Waals surface area (Å²) < 4.78 is 5.38. The Balaban J connectivity index is 2.33. The van der Waals surface area contributed by atoms with Crippen molar-refractivity contribution in [1.82, 2.24) is 10.3 Å². The van der Waals surface area contributed by atoms with Crippen molar-refractivity contribution in [3.05, 3.63) is 48.3 Å². The molecule has 3 heteroatoms. The molecule has 0 amide bonds. The summed E-state index contributed by atoms with van der Waals surface area (Å²) in [6, 6.07) is 10.3. The molecule has 18 heavy (non-hydrogen) atoms. The molecule has 0 saturated heterocycles. The van der Waals surface area contributed by atoms with Crippen LogP contribution >= 0.6 is 0 Å². The summed E-state index contributed by atoms with van der Waals surface area (Å²) in [4.78, 5) is 4.04. The van der Waals surface area contributed by atoms with E-state index in [-0.39, 0.29) is 0 Å². The van der Waals surface area contributed by atoms with Crippen molar-refractivity contribution >= 4 is 0 Å². The first kappa shape index (κ1) is 12.6. The van der Waals surface area contributed by atoms with Crippen LogP contribution in [0.15, 0.2) is 42.7 Å². The van der Waals surface area contributed by atoms with Crippen molar-refractivity contribution in [2.24, 2.45) is 0 Å². The average Bonchev–Trinajstić information content (AvgIpc) is 2.45. The van der Waals surface area contributed by atoms with Crippen LogP contribution in [0.4, 0.5) is 0 Å². The topological polar surface area (TPSA) is 34.2 Å². The van der Waals surface area contributed by atoms with Crippen LogP contribution in [0.25, 0.3) is 11.1 Å². The second kappa shape index (κ2) is 6.17. The zero-order valence-electron chi connectivity index (χ0n) is 10.8. The summed E-state index contributed by atoms with van der Waals surface area (Å²) in [5.41, 5.74) is 3.53. The molecule has 0 spiro atoms. The molecular weight excluding hydrogens is 224 g/mol. The van der Waals surface area contributed by atoms with Gasteiger partial charge in [0.1, 0.15) is 5.75 Å². The normalized spacial score (nSPS) is 10.3. The molecule has 0 unspecified atom stereocenters. The van der Waals surface area contributed by atoms with E-state index in [9.17, 15) is 0 Å². The number of hydrogen-bond acceptors (Lipinski definition) is 3. The maximum atomic E-state index is 5.38. The van der Waals surface area contributed by atoms with Crippen molar-refractivity contribution in [1.29, 1.82) is 0 Å². The van der Waals surface area contributed by atoms with Gasteiger partial charge in [-0.3, -0.25) is 4.98 Å². The van der Waals surface area contributed by atoms with Gasteiger partial charge in [0.15, 0.2) is 0 Å². The van der Waals surface area contributed by atoms with E-state index in [0.29, 0.717) is 0 Å². The zero-order chi connectivity index (χ0) is 12.8. The van der Waals surface area contributed by atoms with Crippen LogP contribution in [0, 0.1) is 0 Å². The zero-order valence-corrected chi connectivity index (χ0v) is 10.8. The Labute approximate surface area is 108 Å². The smallest absolute Gasteiger partial charge is 0.123 e. The molecule has 3 nitrogen and oxygen atoms in total. The highest BCUT2D eigenvalue weighted by Gasteiger charge is 2.05. The number of pyridine rings is 1. The molecule has 2 aromatic rings. The number of nitrogens with one attached hydrogen (secondary N) is 1. The predicted octanol–water partition coefficient (Wildman–Crippen LogP) is 2.87. The highest BCUT2D eigenvalue weighted by Crippen LogP contribution is 2.26. The van der Waals surface area contributed by atoms with Gasteiger partial charge in [0.25, 0.3) is 0 Å². The van der Waals surface area contributed by atoms with Crippen molar-refractivity contribution in [3.8, 4) is 16.9 Å². The summed E-state index contributed by atoms with van der Waals surface area (Å²) in [6.07, 6.45) is 3.62. The lowest BCUT2D eigenvalue weighted by Gasteiger charge is -2.11. The van der Waals surface area contributed by atoms with Gasteiger partial charge in [-0.2, -0.15) is 0 Å². The van der Waals surface area contributed by atoms with Gasteiger partial charge in [0.2, 0.25) is 0 Å². The predicted molar refractivity (Wildman–Crippen MR) is 73.6 cm³/mol. The molecule has 1 heterocycles. The van der Waals surface area contributed by atoms with Crippen LogP contribution < -0.4 is 10.1 Å². The summed E-state index contributed by atoms with van der Waals surface area (Å²) in [7, 11) is 1.71. The first-order chi connectivity index (χ1) is 8.85. The van der Waals surface area contributed by atoms with Crippen LogP contribution in [-0.4, -0.2) is 18.6 Å². The molecule has 94 valence electrons. The molecule has 0 aliphatic carbocycles. The third-order valence-electron chi connectivity index (χ3n) is 2.86. The van der Waals surface area contributed by atoms with Gasteiger partial charge in [-0.15, -0.1) is 0 Å². The number of hydrogen-bond donors (Lipinski definition) is 1. The molecule has 0 aliphatic rings.